The van der Waals surface area contributed by atoms with E-state index in [1.54, 1.807) is 12.1 Å². The van der Waals surface area contributed by atoms with Gasteiger partial charge in [-0.05, 0) is 62.6 Å². The van der Waals surface area contributed by atoms with Crippen LogP contribution in [0.2, 0.25) is 0 Å². The Labute approximate surface area is 249 Å². The molecule has 7 atom stereocenters. The van der Waals surface area contributed by atoms with Crippen LogP contribution < -0.4 is 15.5 Å². The lowest BCUT2D eigenvalue weighted by atomic mass is 9.70. The van der Waals surface area contributed by atoms with Crippen LogP contribution in [-0.2, 0) is 19.1 Å². The highest BCUT2D eigenvalue weighted by Crippen LogP contribution is 2.60. The number of benzene rings is 2. The Hall–Kier alpha value is -2.95. The van der Waals surface area contributed by atoms with Crippen LogP contribution in [0, 0.1) is 17.8 Å². The van der Waals surface area contributed by atoms with Gasteiger partial charge in [-0.15, -0.1) is 0 Å². The Morgan fingerprint density at radius 1 is 1.05 bits per heavy atom. The number of halogens is 1. The van der Waals surface area contributed by atoms with Gasteiger partial charge in [0.15, 0.2) is 0 Å². The number of alkyl halides is 1. The predicted octanol–water partition coefficient (Wildman–Crippen LogP) is 3.87. The van der Waals surface area contributed by atoms with Crippen LogP contribution in [0.3, 0.4) is 0 Å². The van der Waals surface area contributed by atoms with Gasteiger partial charge in [0.05, 0.1) is 30.6 Å². The molecule has 3 unspecified atom stereocenters. The molecule has 0 radical (unpaired) electrons. The normalized spacial score (nSPS) is 29.0. The summed E-state index contributed by atoms with van der Waals surface area (Å²) in [5.74, 6) is -2.80. The number of carbonyl (C=O) groups excluding carboxylic acids is 3. The number of para-hydroxylation sites is 1. The lowest BCUT2D eigenvalue weighted by Crippen LogP contribution is -2.57. The molecule has 2 aromatic rings. The van der Waals surface area contributed by atoms with Crippen molar-refractivity contribution < 1.29 is 24.2 Å². The third-order valence-corrected chi connectivity index (χ3v) is 9.74. The molecule has 3 aliphatic rings. The van der Waals surface area contributed by atoms with Crippen molar-refractivity contribution in [3.63, 3.8) is 0 Å². The van der Waals surface area contributed by atoms with E-state index in [0.29, 0.717) is 17.8 Å². The fourth-order valence-corrected chi connectivity index (χ4v) is 7.89. The van der Waals surface area contributed by atoms with Gasteiger partial charge in [0.2, 0.25) is 17.7 Å². The van der Waals surface area contributed by atoms with Gasteiger partial charge in [0, 0.05) is 35.0 Å². The number of hydrogen-bond donors (Lipinski definition) is 3. The molecule has 10 heteroatoms. The molecule has 220 valence electrons. The van der Waals surface area contributed by atoms with Gasteiger partial charge < -0.3 is 30.3 Å². The summed E-state index contributed by atoms with van der Waals surface area (Å²) in [6.45, 7) is 9.43. The van der Waals surface area contributed by atoms with Crippen LogP contribution in [0.1, 0.15) is 34.1 Å². The number of fused-ring (bicyclic) bond motifs is 1. The summed E-state index contributed by atoms with van der Waals surface area (Å²) in [4.78, 5) is 45.6. The molecule has 0 aromatic heterocycles. The van der Waals surface area contributed by atoms with Gasteiger partial charge in [-0.25, -0.2) is 0 Å². The van der Waals surface area contributed by atoms with E-state index in [4.69, 9.17) is 4.74 Å². The zero-order valence-electron chi connectivity index (χ0n) is 23.9. The first-order chi connectivity index (χ1) is 19.7. The molecule has 9 nitrogen and oxygen atoms in total. The molecule has 3 aliphatic heterocycles. The van der Waals surface area contributed by atoms with E-state index in [9.17, 15) is 19.5 Å². The average molecular weight is 628 g/mol. The SMILES string of the molecule is CCN(CC)c1ccc(NC(=O)C2N([C@@H](CO)C(C)C)C(=O)[C@@H]3[C@@H](C(=O)Nc4ccccc4)[C@@H]4OC23CC4Br)cc1. The largest absolute Gasteiger partial charge is 0.394 e. The van der Waals surface area contributed by atoms with Crippen molar-refractivity contribution in [3.8, 4) is 0 Å². The fourth-order valence-electron chi connectivity index (χ4n) is 6.95. The summed E-state index contributed by atoms with van der Waals surface area (Å²) < 4.78 is 6.57. The van der Waals surface area contributed by atoms with E-state index in [-0.39, 0.29) is 35.1 Å². The summed E-state index contributed by atoms with van der Waals surface area (Å²) in [6, 6.07) is 15.1. The molecular weight excluding hydrogens is 588 g/mol. The number of ether oxygens (including phenoxy) is 1. The Balaban J connectivity index is 1.49. The molecule has 3 fully saturated rings. The summed E-state index contributed by atoms with van der Waals surface area (Å²) in [5, 5.41) is 16.3. The maximum atomic E-state index is 14.3. The number of anilines is 3. The van der Waals surface area contributed by atoms with E-state index in [0.717, 1.165) is 18.8 Å². The first kappa shape index (κ1) is 29.5. The van der Waals surface area contributed by atoms with Crippen molar-refractivity contribution in [2.75, 3.05) is 35.2 Å². The number of aliphatic hydroxyl groups is 1. The quantitative estimate of drug-likeness (QED) is 0.345. The smallest absolute Gasteiger partial charge is 0.250 e. The van der Waals surface area contributed by atoms with Crippen molar-refractivity contribution in [2.24, 2.45) is 17.8 Å². The minimum Gasteiger partial charge on any atom is -0.394 e. The van der Waals surface area contributed by atoms with Crippen LogP contribution in [0.25, 0.3) is 0 Å². The van der Waals surface area contributed by atoms with Gasteiger partial charge in [-0.2, -0.15) is 0 Å². The van der Waals surface area contributed by atoms with Crippen molar-refractivity contribution in [1.82, 2.24) is 4.90 Å². The van der Waals surface area contributed by atoms with E-state index in [1.807, 2.05) is 56.3 Å². The summed E-state index contributed by atoms with van der Waals surface area (Å²) >= 11 is 3.70. The molecular formula is C31H39BrN4O5. The number of likely N-dealkylation sites (tertiary alicyclic amines) is 1. The molecule has 1 spiro atoms. The number of amides is 3. The van der Waals surface area contributed by atoms with E-state index in [1.165, 1.54) is 4.90 Å². The summed E-state index contributed by atoms with van der Waals surface area (Å²) in [7, 11) is 0. The standard InChI is InChI=1S/C31H39BrN4O5/c1-5-35(6-2)21-14-12-20(13-15-21)34-29(39)27-31-16-22(32)26(41-31)24(28(38)33-19-10-8-7-9-11-19)25(31)30(40)36(27)23(17-37)18(3)4/h7-15,18,22-27,37H,5-6,16-17H2,1-4H3,(H,33,38)(H,34,39)/t22?,23-,24+,25-,26+,27?,31?/m0/s1. The third kappa shape index (κ3) is 5.04. The zero-order chi connectivity index (χ0) is 29.5. The Morgan fingerprint density at radius 3 is 2.24 bits per heavy atom. The molecule has 5 rings (SSSR count). The van der Waals surface area contributed by atoms with Crippen LogP contribution in [-0.4, -0.2) is 76.0 Å². The van der Waals surface area contributed by atoms with Crippen molar-refractivity contribution in [3.05, 3.63) is 54.6 Å². The first-order valence-corrected chi connectivity index (χ1v) is 15.3. The molecule has 2 aromatic carbocycles. The lowest BCUT2D eigenvalue weighted by Gasteiger charge is -2.38. The third-order valence-electron chi connectivity index (χ3n) is 8.90. The topological polar surface area (TPSA) is 111 Å². The maximum Gasteiger partial charge on any atom is 0.250 e. The second kappa shape index (κ2) is 11.7. The minimum absolute atomic E-state index is 0.128. The van der Waals surface area contributed by atoms with Crippen LogP contribution in [0.5, 0.6) is 0 Å². The second-order valence-corrected chi connectivity index (χ2v) is 12.6. The average Bonchev–Trinajstić information content (AvgIpc) is 3.54. The van der Waals surface area contributed by atoms with Gasteiger partial charge in [-0.1, -0.05) is 48.0 Å². The Morgan fingerprint density at radius 2 is 1.66 bits per heavy atom. The lowest BCUT2D eigenvalue weighted by molar-refractivity contribution is -0.144. The van der Waals surface area contributed by atoms with E-state index in [2.05, 4.69) is 45.3 Å². The van der Waals surface area contributed by atoms with Crippen LogP contribution >= 0.6 is 15.9 Å². The van der Waals surface area contributed by atoms with Gasteiger partial charge in [-0.3, -0.25) is 14.4 Å². The van der Waals surface area contributed by atoms with Crippen molar-refractivity contribution in [1.29, 1.82) is 0 Å². The number of carbonyl (C=O) groups is 3. The zero-order valence-corrected chi connectivity index (χ0v) is 25.5. The molecule has 3 saturated heterocycles. The number of nitrogens with zero attached hydrogens (tertiary/aromatic N) is 2. The van der Waals surface area contributed by atoms with E-state index >= 15 is 0 Å². The molecule has 3 amide bonds. The van der Waals surface area contributed by atoms with Gasteiger partial charge in [0.25, 0.3) is 0 Å². The molecule has 0 saturated carbocycles. The highest BCUT2D eigenvalue weighted by Gasteiger charge is 2.77. The highest BCUT2D eigenvalue weighted by molar-refractivity contribution is 9.09. The molecule has 3 heterocycles. The highest BCUT2D eigenvalue weighted by atomic mass is 79.9. The van der Waals surface area contributed by atoms with Gasteiger partial charge in [0.1, 0.15) is 11.6 Å². The first-order valence-electron chi connectivity index (χ1n) is 14.4. The van der Waals surface area contributed by atoms with Gasteiger partial charge >= 0.3 is 0 Å². The minimum atomic E-state index is -1.21. The number of aliphatic hydroxyl groups excluding tert-OH is 1. The predicted molar refractivity (Wildman–Crippen MR) is 162 cm³/mol. The Bertz CT molecular complexity index is 1270. The molecule has 2 bridgehead atoms. The molecule has 0 aliphatic carbocycles. The number of rotatable bonds is 10. The molecule has 3 N–H and O–H groups in total. The van der Waals surface area contributed by atoms with Crippen molar-refractivity contribution >= 4 is 50.7 Å². The maximum absolute atomic E-state index is 14.3. The van der Waals surface area contributed by atoms with E-state index < -0.39 is 35.6 Å². The summed E-state index contributed by atoms with van der Waals surface area (Å²) in [5.41, 5.74) is 1.07. The summed E-state index contributed by atoms with van der Waals surface area (Å²) in [6.07, 6.45) is -0.167. The fraction of sp³-hybridized carbons (Fsp3) is 0.516. The van der Waals surface area contributed by atoms with Crippen LogP contribution in [0.15, 0.2) is 54.6 Å². The Kier molecular flexibility index (Phi) is 8.46. The monoisotopic (exact) mass is 626 g/mol. The molecule has 41 heavy (non-hydrogen) atoms. The number of hydrogen-bond acceptors (Lipinski definition) is 6. The second-order valence-electron chi connectivity index (χ2n) is 11.5. The number of nitrogens with one attached hydrogen (secondary N) is 2. The van der Waals surface area contributed by atoms with Crippen molar-refractivity contribution in [2.45, 2.75) is 62.7 Å². The van der Waals surface area contributed by atoms with Crippen LogP contribution in [0.4, 0.5) is 17.1 Å².